The number of hydrogen-bond acceptors (Lipinski definition) is 6. The number of nitrogens with zero attached hydrogens (tertiary/aromatic N) is 4. The molecule has 8 nitrogen and oxygen atoms in total. The van der Waals surface area contributed by atoms with Gasteiger partial charge in [-0.25, -0.2) is 18.5 Å². The van der Waals surface area contributed by atoms with Crippen molar-refractivity contribution in [1.82, 2.24) is 9.80 Å². The highest BCUT2D eigenvalue weighted by Crippen LogP contribution is 2.57. The van der Waals surface area contributed by atoms with Crippen LogP contribution in [0.1, 0.15) is 42.4 Å². The number of urea groups is 1. The van der Waals surface area contributed by atoms with E-state index in [4.69, 9.17) is 9.68 Å². The molecule has 12 heteroatoms. The molecule has 0 bridgehead atoms. The minimum atomic E-state index is -3.95. The standard InChI is InChI=1S/C42H39F4N4O4/c43-33-20-8-7-19-32(33)38-37-36(27-41(42(38,45)46,47-23-11-12-24-47)48-25-13-14-26-48)49(35-22-10-9-21-34(35)44)40(52)50(39(37)51,53-28-30-15-3-1-4-16-30)54-29-31-17-5-2-6-18-31/h1-10,15-22,27H,11-14,23-26,28-29H2/q+1. The van der Waals surface area contributed by atoms with Crippen molar-refractivity contribution < 1.29 is 41.6 Å². The normalized spacial score (nSPS) is 21.0. The van der Waals surface area contributed by atoms with Crippen molar-refractivity contribution in [3.8, 4) is 0 Å². The number of hydroxylamine groups is 4. The number of fused-ring (bicyclic) bond motifs is 1. The highest BCUT2D eigenvalue weighted by Gasteiger charge is 2.71. The molecule has 1 aliphatic carbocycles. The summed E-state index contributed by atoms with van der Waals surface area (Å²) in [5.74, 6) is -7.09. The summed E-state index contributed by atoms with van der Waals surface area (Å²) in [5, 5.41) is 0. The molecule has 3 aliphatic heterocycles. The van der Waals surface area contributed by atoms with Crippen LogP contribution in [0.25, 0.3) is 5.57 Å². The number of imide groups is 1. The first-order valence-electron chi connectivity index (χ1n) is 18.2. The second kappa shape index (κ2) is 14.3. The number of hydrogen-bond donors (Lipinski definition) is 0. The zero-order valence-corrected chi connectivity index (χ0v) is 29.5. The van der Waals surface area contributed by atoms with Crippen LogP contribution < -0.4 is 4.90 Å². The molecule has 278 valence electrons. The molecule has 3 fully saturated rings. The van der Waals surface area contributed by atoms with E-state index in [9.17, 15) is 0 Å². The van der Waals surface area contributed by atoms with Crippen LogP contribution in [0, 0.1) is 11.6 Å². The van der Waals surface area contributed by atoms with Crippen molar-refractivity contribution in [3.05, 3.63) is 155 Å². The van der Waals surface area contributed by atoms with Crippen LogP contribution in [-0.4, -0.2) is 64.3 Å². The molecule has 3 saturated heterocycles. The van der Waals surface area contributed by atoms with Gasteiger partial charge in [0, 0.05) is 31.7 Å². The Hall–Kier alpha value is -4.98. The highest BCUT2D eigenvalue weighted by atomic mass is 19.3. The summed E-state index contributed by atoms with van der Waals surface area (Å²) < 4.78 is 69.1. The first kappa shape index (κ1) is 36.0. The number of benzene rings is 4. The highest BCUT2D eigenvalue weighted by molar-refractivity contribution is 6.15. The van der Waals surface area contributed by atoms with Gasteiger partial charge in [0.15, 0.2) is 5.66 Å². The molecular weight excluding hydrogens is 700 g/mol. The van der Waals surface area contributed by atoms with Gasteiger partial charge >= 0.3 is 17.9 Å². The summed E-state index contributed by atoms with van der Waals surface area (Å²) >= 11 is 0. The Morgan fingerprint density at radius 2 is 1.11 bits per heavy atom. The van der Waals surface area contributed by atoms with Gasteiger partial charge in [-0.2, -0.15) is 13.6 Å². The van der Waals surface area contributed by atoms with Gasteiger partial charge in [0.25, 0.3) is 0 Å². The molecule has 8 rings (SSSR count). The van der Waals surface area contributed by atoms with Gasteiger partial charge in [-0.15, -0.1) is 9.68 Å². The van der Waals surface area contributed by atoms with Crippen LogP contribution in [0.2, 0.25) is 0 Å². The number of rotatable bonds is 10. The van der Waals surface area contributed by atoms with Gasteiger partial charge in [-0.05, 0) is 61.1 Å². The van der Waals surface area contributed by atoms with Gasteiger partial charge in [-0.1, -0.05) is 91.0 Å². The molecular formula is C42H39F4N4O4+. The molecule has 4 aliphatic rings. The monoisotopic (exact) mass is 739 g/mol. The van der Waals surface area contributed by atoms with E-state index in [1.54, 1.807) is 70.5 Å². The quantitative estimate of drug-likeness (QED) is 0.120. The number of para-hydroxylation sites is 1. The molecule has 0 spiro atoms. The summed E-state index contributed by atoms with van der Waals surface area (Å²) in [7, 11) is 0. The number of likely N-dealkylation sites (tertiary alicyclic amines) is 2. The third kappa shape index (κ3) is 5.80. The second-order valence-corrected chi connectivity index (χ2v) is 13.9. The van der Waals surface area contributed by atoms with E-state index in [1.807, 2.05) is 0 Å². The number of halogens is 4. The lowest BCUT2D eigenvalue weighted by atomic mass is 9.76. The van der Waals surface area contributed by atoms with Crippen LogP contribution in [0.15, 0.2) is 127 Å². The van der Waals surface area contributed by atoms with E-state index >= 15 is 27.2 Å². The maximum absolute atomic E-state index is 18.4. The lowest BCUT2D eigenvalue weighted by Gasteiger charge is -2.54. The minimum Gasteiger partial charge on any atom is -0.277 e. The lowest BCUT2D eigenvalue weighted by Crippen LogP contribution is -2.72. The van der Waals surface area contributed by atoms with Gasteiger partial charge in [0.05, 0.1) is 17.0 Å². The summed E-state index contributed by atoms with van der Waals surface area (Å²) in [5.41, 5.74) is -3.92. The van der Waals surface area contributed by atoms with Gasteiger partial charge < -0.3 is 0 Å². The van der Waals surface area contributed by atoms with Crippen molar-refractivity contribution >= 4 is 23.2 Å². The molecule has 0 N–H and O–H groups in total. The fraction of sp³-hybridized carbons (Fsp3) is 0.286. The van der Waals surface area contributed by atoms with Gasteiger partial charge in [-0.3, -0.25) is 9.80 Å². The maximum Gasteiger partial charge on any atom is 0.503 e. The SMILES string of the molecule is O=C1C2=C(c3ccccc3F)C(F)(F)C(N3CCCC3)(N3CCCC3)C=C2N(c2ccccc2F)C(=O)[N+]1(OCc1ccccc1)OCc1ccccc1. The molecule has 3 heterocycles. The van der Waals surface area contributed by atoms with Crippen molar-refractivity contribution in [2.24, 2.45) is 0 Å². The van der Waals surface area contributed by atoms with E-state index in [1.165, 1.54) is 42.5 Å². The molecule has 4 aromatic carbocycles. The van der Waals surface area contributed by atoms with E-state index in [-0.39, 0.29) is 50.8 Å². The third-order valence-electron chi connectivity index (χ3n) is 10.7. The van der Waals surface area contributed by atoms with Crippen LogP contribution in [0.4, 0.5) is 28.0 Å². The third-order valence-corrected chi connectivity index (χ3v) is 10.7. The zero-order valence-electron chi connectivity index (χ0n) is 29.5. The lowest BCUT2D eigenvalue weighted by molar-refractivity contribution is -1.14. The van der Waals surface area contributed by atoms with E-state index in [0.717, 1.165) is 17.0 Å². The Labute approximate surface area is 310 Å². The molecule has 0 radical (unpaired) electrons. The molecule has 54 heavy (non-hydrogen) atoms. The Kier molecular flexibility index (Phi) is 9.57. The summed E-state index contributed by atoms with van der Waals surface area (Å²) in [4.78, 5) is 45.5. The molecule has 3 amide bonds. The Balaban J connectivity index is 1.44. The number of carbonyl (C=O) groups is 2. The predicted octanol–water partition coefficient (Wildman–Crippen LogP) is 8.39. The maximum atomic E-state index is 18.4. The van der Waals surface area contributed by atoms with Crippen LogP contribution in [0.5, 0.6) is 0 Å². The van der Waals surface area contributed by atoms with Gasteiger partial charge in [0.1, 0.15) is 35.2 Å². The zero-order chi connectivity index (χ0) is 37.5. The average Bonchev–Trinajstić information content (AvgIpc) is 3.93. The van der Waals surface area contributed by atoms with Crippen molar-refractivity contribution in [2.75, 3.05) is 31.1 Å². The Morgan fingerprint density at radius 3 is 1.63 bits per heavy atom. The molecule has 0 saturated carbocycles. The van der Waals surface area contributed by atoms with Crippen LogP contribution in [-0.2, 0) is 27.7 Å². The summed E-state index contributed by atoms with van der Waals surface area (Å²) in [6.45, 7) is 0.411. The Morgan fingerprint density at radius 1 is 0.630 bits per heavy atom. The van der Waals surface area contributed by atoms with Gasteiger partial charge in [0.2, 0.25) is 0 Å². The minimum absolute atomic E-state index is 0.289. The van der Waals surface area contributed by atoms with Crippen molar-refractivity contribution in [2.45, 2.75) is 50.5 Å². The van der Waals surface area contributed by atoms with E-state index < -0.39 is 56.7 Å². The van der Waals surface area contributed by atoms with Crippen molar-refractivity contribution in [3.63, 3.8) is 0 Å². The van der Waals surface area contributed by atoms with E-state index in [0.29, 0.717) is 36.8 Å². The second-order valence-electron chi connectivity index (χ2n) is 13.9. The number of amides is 3. The van der Waals surface area contributed by atoms with Crippen LogP contribution >= 0.6 is 0 Å². The summed E-state index contributed by atoms with van der Waals surface area (Å²) in [6, 6.07) is 26.5. The fourth-order valence-corrected chi connectivity index (χ4v) is 8.16. The smallest absolute Gasteiger partial charge is 0.277 e. The molecule has 0 unspecified atom stereocenters. The van der Waals surface area contributed by atoms with Crippen LogP contribution in [0.3, 0.4) is 0 Å². The Bertz CT molecular complexity index is 2060. The van der Waals surface area contributed by atoms with Crippen molar-refractivity contribution in [1.29, 1.82) is 0 Å². The van der Waals surface area contributed by atoms with E-state index in [2.05, 4.69) is 0 Å². The topological polar surface area (TPSA) is 62.3 Å². The number of anilines is 1. The average molecular weight is 740 g/mol. The number of alkyl halides is 2. The largest absolute Gasteiger partial charge is 0.503 e. The molecule has 0 aromatic heterocycles. The first-order valence-corrected chi connectivity index (χ1v) is 18.2. The first-order chi connectivity index (χ1) is 26.2. The summed E-state index contributed by atoms with van der Waals surface area (Å²) in [6.07, 6.45) is 3.78. The molecule has 4 aromatic rings. The fourth-order valence-electron chi connectivity index (χ4n) is 8.16. The number of carbonyl (C=O) groups excluding carboxylic acids is 2. The molecule has 0 atom stereocenters. The predicted molar refractivity (Wildman–Crippen MR) is 193 cm³/mol. The number of quaternary nitrogens is 1.